The summed E-state index contributed by atoms with van der Waals surface area (Å²) in [5.41, 5.74) is 6.57. The molecule has 2 aromatic rings. The lowest BCUT2D eigenvalue weighted by Crippen LogP contribution is -1.91. The van der Waals surface area contributed by atoms with Gasteiger partial charge in [0.05, 0.1) is 5.69 Å². The highest BCUT2D eigenvalue weighted by Crippen LogP contribution is 2.23. The normalized spacial score (nSPS) is 9.76. The monoisotopic (exact) mass is 231 g/mol. The number of aryl methyl sites for hydroxylation is 3. The van der Waals surface area contributed by atoms with E-state index in [4.69, 9.17) is 0 Å². The van der Waals surface area contributed by atoms with Gasteiger partial charge in [-0.15, -0.1) is 0 Å². The first-order valence-electron chi connectivity index (χ1n) is 6.05. The lowest BCUT2D eigenvalue weighted by Gasteiger charge is -2.03. The van der Waals surface area contributed by atoms with Crippen molar-refractivity contribution in [2.75, 3.05) is 0 Å². The Morgan fingerprint density at radius 3 is 2.12 bits per heavy atom. The van der Waals surface area contributed by atoms with Crippen LogP contribution in [0.2, 0.25) is 0 Å². The zero-order valence-electron chi connectivity index (χ0n) is 11.5. The molecule has 1 N–H and O–H groups in total. The first-order chi connectivity index (χ1) is 8.09. The molecule has 17 heavy (non-hydrogen) atoms. The predicted molar refractivity (Wildman–Crippen MR) is 72.1 cm³/mol. The van der Waals surface area contributed by atoms with Crippen molar-refractivity contribution in [2.24, 2.45) is 0 Å². The van der Waals surface area contributed by atoms with Crippen molar-refractivity contribution in [3.63, 3.8) is 0 Å². The van der Waals surface area contributed by atoms with Gasteiger partial charge in [-0.2, -0.15) is 5.10 Å². The molecule has 0 radical (unpaired) electrons. The number of H-pyrrole nitrogens is 1. The smallest absolute Gasteiger partial charge is 0.114 e. The van der Waals surface area contributed by atoms with Crippen molar-refractivity contribution in [2.45, 2.75) is 41.5 Å². The minimum Gasteiger partial charge on any atom is -0.282 e. The first-order valence-corrected chi connectivity index (χ1v) is 6.05. The number of hydrogen-bond acceptors (Lipinski definition) is 2. The SMILES string of the molecule is CC.Cc1cnc(-c2n[nH]c(C)c2C)c(C)c1. The molecule has 0 spiro atoms. The van der Waals surface area contributed by atoms with Crippen molar-refractivity contribution in [1.29, 1.82) is 0 Å². The molecular weight excluding hydrogens is 210 g/mol. The van der Waals surface area contributed by atoms with Crippen LogP contribution in [-0.4, -0.2) is 15.2 Å². The van der Waals surface area contributed by atoms with Gasteiger partial charge in [0.2, 0.25) is 0 Å². The largest absolute Gasteiger partial charge is 0.282 e. The number of aromatic nitrogens is 3. The Bertz CT molecular complexity index is 498. The molecule has 0 aliphatic carbocycles. The number of rotatable bonds is 1. The first kappa shape index (κ1) is 13.4. The molecule has 0 aliphatic heterocycles. The van der Waals surface area contributed by atoms with Gasteiger partial charge in [0.15, 0.2) is 0 Å². The van der Waals surface area contributed by atoms with Crippen LogP contribution in [-0.2, 0) is 0 Å². The molecule has 2 aromatic heterocycles. The Morgan fingerprint density at radius 1 is 1.00 bits per heavy atom. The van der Waals surface area contributed by atoms with E-state index in [2.05, 4.69) is 35.1 Å². The maximum absolute atomic E-state index is 4.44. The van der Waals surface area contributed by atoms with Gasteiger partial charge in [0.25, 0.3) is 0 Å². The Labute approximate surface area is 103 Å². The predicted octanol–water partition coefficient (Wildman–Crippen LogP) is 3.73. The van der Waals surface area contributed by atoms with Crippen LogP contribution in [0, 0.1) is 27.7 Å². The van der Waals surface area contributed by atoms with Gasteiger partial charge in [-0.25, -0.2) is 0 Å². The summed E-state index contributed by atoms with van der Waals surface area (Å²) in [4.78, 5) is 4.44. The molecule has 0 amide bonds. The molecule has 3 heteroatoms. The molecule has 0 unspecified atom stereocenters. The van der Waals surface area contributed by atoms with Crippen LogP contribution >= 0.6 is 0 Å². The maximum atomic E-state index is 4.44. The highest BCUT2D eigenvalue weighted by molar-refractivity contribution is 5.63. The fraction of sp³-hybridized carbons (Fsp3) is 0.429. The second-order valence-corrected chi connectivity index (χ2v) is 4.00. The van der Waals surface area contributed by atoms with Crippen molar-refractivity contribution >= 4 is 0 Å². The van der Waals surface area contributed by atoms with Gasteiger partial charge in [-0.05, 0) is 44.4 Å². The molecule has 0 bridgehead atoms. The molecule has 0 saturated carbocycles. The third-order valence-electron chi connectivity index (χ3n) is 2.69. The van der Waals surface area contributed by atoms with Gasteiger partial charge in [-0.3, -0.25) is 10.1 Å². The van der Waals surface area contributed by atoms with E-state index in [1.165, 1.54) is 16.7 Å². The van der Waals surface area contributed by atoms with E-state index in [1.54, 1.807) is 0 Å². The Balaban J connectivity index is 0.000000686. The van der Waals surface area contributed by atoms with E-state index in [0.29, 0.717) is 0 Å². The van der Waals surface area contributed by atoms with Crippen LogP contribution in [0.15, 0.2) is 12.3 Å². The van der Waals surface area contributed by atoms with E-state index < -0.39 is 0 Å². The summed E-state index contributed by atoms with van der Waals surface area (Å²) >= 11 is 0. The second-order valence-electron chi connectivity index (χ2n) is 4.00. The minimum atomic E-state index is 0.963. The van der Waals surface area contributed by atoms with E-state index in [9.17, 15) is 0 Å². The maximum Gasteiger partial charge on any atom is 0.114 e. The highest BCUT2D eigenvalue weighted by Gasteiger charge is 2.11. The highest BCUT2D eigenvalue weighted by atomic mass is 15.1. The summed E-state index contributed by atoms with van der Waals surface area (Å²) in [5.74, 6) is 0. The number of nitrogens with zero attached hydrogens (tertiary/aromatic N) is 2. The molecule has 0 aliphatic rings. The van der Waals surface area contributed by atoms with E-state index in [0.717, 1.165) is 17.1 Å². The molecule has 0 fully saturated rings. The third-order valence-corrected chi connectivity index (χ3v) is 2.69. The van der Waals surface area contributed by atoms with Gasteiger partial charge in [-0.1, -0.05) is 19.9 Å². The summed E-state index contributed by atoms with van der Waals surface area (Å²) in [6, 6.07) is 2.13. The summed E-state index contributed by atoms with van der Waals surface area (Å²) in [7, 11) is 0. The third kappa shape index (κ3) is 2.73. The summed E-state index contributed by atoms with van der Waals surface area (Å²) in [6.45, 7) is 12.2. The molecule has 0 saturated heterocycles. The van der Waals surface area contributed by atoms with Gasteiger partial charge in [0.1, 0.15) is 5.69 Å². The zero-order chi connectivity index (χ0) is 13.0. The Hall–Kier alpha value is -1.64. The summed E-state index contributed by atoms with van der Waals surface area (Å²) in [6.07, 6.45) is 1.88. The lowest BCUT2D eigenvalue weighted by molar-refractivity contribution is 1.04. The summed E-state index contributed by atoms with van der Waals surface area (Å²) < 4.78 is 0. The zero-order valence-corrected chi connectivity index (χ0v) is 11.5. The number of hydrogen-bond donors (Lipinski definition) is 1. The van der Waals surface area contributed by atoms with E-state index in [1.807, 2.05) is 33.9 Å². The fourth-order valence-electron chi connectivity index (χ4n) is 1.68. The van der Waals surface area contributed by atoms with Crippen molar-refractivity contribution in [3.05, 3.63) is 34.6 Å². The number of pyridine rings is 1. The average molecular weight is 231 g/mol. The Kier molecular flexibility index (Phi) is 4.44. The summed E-state index contributed by atoms with van der Waals surface area (Å²) in [5, 5.41) is 7.28. The van der Waals surface area contributed by atoms with Crippen LogP contribution in [0.5, 0.6) is 0 Å². The van der Waals surface area contributed by atoms with Gasteiger partial charge >= 0.3 is 0 Å². The molecular formula is C14H21N3. The molecule has 2 heterocycles. The van der Waals surface area contributed by atoms with Crippen molar-refractivity contribution < 1.29 is 0 Å². The van der Waals surface area contributed by atoms with Crippen molar-refractivity contribution in [1.82, 2.24) is 15.2 Å². The van der Waals surface area contributed by atoms with Gasteiger partial charge < -0.3 is 0 Å². The van der Waals surface area contributed by atoms with Crippen molar-refractivity contribution in [3.8, 4) is 11.4 Å². The minimum absolute atomic E-state index is 0.963. The van der Waals surface area contributed by atoms with E-state index >= 15 is 0 Å². The standard InChI is InChI=1S/C12H15N3.C2H6/c1-7-5-8(2)11(13-6-7)12-9(3)10(4)14-15-12;1-2/h5-6H,1-4H3,(H,14,15);1-2H3. The molecule has 3 nitrogen and oxygen atoms in total. The number of aromatic amines is 1. The van der Waals surface area contributed by atoms with Gasteiger partial charge in [0, 0.05) is 11.9 Å². The molecule has 92 valence electrons. The van der Waals surface area contributed by atoms with Crippen LogP contribution in [0.4, 0.5) is 0 Å². The van der Waals surface area contributed by atoms with Crippen LogP contribution in [0.25, 0.3) is 11.4 Å². The molecule has 0 aromatic carbocycles. The molecule has 0 atom stereocenters. The second kappa shape index (κ2) is 5.62. The Morgan fingerprint density at radius 2 is 1.65 bits per heavy atom. The quantitative estimate of drug-likeness (QED) is 0.812. The molecule has 2 rings (SSSR count). The van der Waals surface area contributed by atoms with Crippen LogP contribution < -0.4 is 0 Å². The number of nitrogens with one attached hydrogen (secondary N) is 1. The topological polar surface area (TPSA) is 41.6 Å². The fourth-order valence-corrected chi connectivity index (χ4v) is 1.68. The average Bonchev–Trinajstić information content (AvgIpc) is 2.63. The van der Waals surface area contributed by atoms with Crippen LogP contribution in [0.3, 0.4) is 0 Å². The van der Waals surface area contributed by atoms with Crippen LogP contribution in [0.1, 0.15) is 36.2 Å². The lowest BCUT2D eigenvalue weighted by atomic mass is 10.1. The van der Waals surface area contributed by atoms with E-state index in [-0.39, 0.29) is 0 Å².